The summed E-state index contributed by atoms with van der Waals surface area (Å²) in [5, 5.41) is 0. The highest BCUT2D eigenvalue weighted by molar-refractivity contribution is 4.82. The van der Waals surface area contributed by atoms with Gasteiger partial charge in [-0.2, -0.15) is 0 Å². The van der Waals surface area contributed by atoms with E-state index in [1.165, 1.54) is 38.8 Å². The fourth-order valence-corrected chi connectivity index (χ4v) is 2.58. The lowest BCUT2D eigenvalue weighted by molar-refractivity contribution is 0.0411. The van der Waals surface area contributed by atoms with Gasteiger partial charge >= 0.3 is 0 Å². The lowest BCUT2D eigenvalue weighted by Crippen LogP contribution is -2.37. The number of likely N-dealkylation sites (tertiary alicyclic amines) is 1. The maximum Gasteiger partial charge on any atom is 0.0480 e. The zero-order valence-corrected chi connectivity index (χ0v) is 8.67. The van der Waals surface area contributed by atoms with Crippen molar-refractivity contribution in [1.29, 1.82) is 0 Å². The second-order valence-corrected chi connectivity index (χ2v) is 4.40. The third kappa shape index (κ3) is 2.23. The first-order valence-electron chi connectivity index (χ1n) is 5.72. The van der Waals surface area contributed by atoms with Crippen molar-refractivity contribution in [3.05, 3.63) is 0 Å². The molecule has 2 heteroatoms. The molecule has 1 atom stereocenters. The Labute approximate surface area is 81.3 Å². The fourth-order valence-electron chi connectivity index (χ4n) is 2.58. The van der Waals surface area contributed by atoms with E-state index in [0.717, 1.165) is 25.2 Å². The quantitative estimate of drug-likeness (QED) is 0.648. The van der Waals surface area contributed by atoms with E-state index in [1.807, 2.05) is 0 Å². The smallest absolute Gasteiger partial charge is 0.0480 e. The van der Waals surface area contributed by atoms with Gasteiger partial charge in [-0.1, -0.05) is 13.3 Å². The molecule has 1 unspecified atom stereocenters. The Morgan fingerprint density at radius 1 is 1.23 bits per heavy atom. The lowest BCUT2D eigenvalue weighted by Gasteiger charge is -2.31. The predicted octanol–water partition coefficient (Wildman–Crippen LogP) is 1.90. The van der Waals surface area contributed by atoms with Crippen LogP contribution in [0.3, 0.4) is 0 Å². The van der Waals surface area contributed by atoms with Gasteiger partial charge in [-0.15, -0.1) is 0 Å². The van der Waals surface area contributed by atoms with E-state index in [-0.39, 0.29) is 0 Å². The Hall–Kier alpha value is -0.0800. The van der Waals surface area contributed by atoms with Crippen molar-refractivity contribution >= 4 is 0 Å². The van der Waals surface area contributed by atoms with Crippen LogP contribution in [0, 0.1) is 5.92 Å². The molecular weight excluding hydrogens is 162 g/mol. The van der Waals surface area contributed by atoms with Gasteiger partial charge in [0, 0.05) is 25.8 Å². The normalized spacial score (nSPS) is 32.5. The van der Waals surface area contributed by atoms with E-state index in [9.17, 15) is 0 Å². The average molecular weight is 183 g/mol. The highest BCUT2D eigenvalue weighted by atomic mass is 16.5. The van der Waals surface area contributed by atoms with Crippen LogP contribution in [-0.4, -0.2) is 37.2 Å². The van der Waals surface area contributed by atoms with Crippen LogP contribution in [-0.2, 0) is 4.74 Å². The molecule has 13 heavy (non-hydrogen) atoms. The molecule has 0 aromatic heterocycles. The van der Waals surface area contributed by atoms with Crippen molar-refractivity contribution in [1.82, 2.24) is 4.90 Å². The molecule has 2 nitrogen and oxygen atoms in total. The molecule has 2 fully saturated rings. The first-order valence-corrected chi connectivity index (χ1v) is 5.72. The number of nitrogens with zero attached hydrogens (tertiary/aromatic N) is 1. The number of rotatable bonds is 2. The Kier molecular flexibility index (Phi) is 3.23. The topological polar surface area (TPSA) is 12.5 Å². The summed E-state index contributed by atoms with van der Waals surface area (Å²) in [7, 11) is 0. The summed E-state index contributed by atoms with van der Waals surface area (Å²) in [4.78, 5) is 2.69. The van der Waals surface area contributed by atoms with Gasteiger partial charge in [-0.25, -0.2) is 0 Å². The van der Waals surface area contributed by atoms with Crippen LogP contribution in [0.4, 0.5) is 0 Å². The third-order valence-electron chi connectivity index (χ3n) is 3.60. The summed E-state index contributed by atoms with van der Waals surface area (Å²) < 4.78 is 5.39. The van der Waals surface area contributed by atoms with Crippen LogP contribution >= 0.6 is 0 Å². The highest BCUT2D eigenvalue weighted by Crippen LogP contribution is 2.24. The maximum atomic E-state index is 5.39. The summed E-state index contributed by atoms with van der Waals surface area (Å²) in [6.07, 6.45) is 5.31. The largest absolute Gasteiger partial charge is 0.381 e. The van der Waals surface area contributed by atoms with Crippen molar-refractivity contribution in [3.63, 3.8) is 0 Å². The molecule has 2 rings (SSSR count). The molecule has 0 N–H and O–H groups in total. The van der Waals surface area contributed by atoms with Crippen molar-refractivity contribution < 1.29 is 4.74 Å². The first kappa shape index (κ1) is 9.47. The van der Waals surface area contributed by atoms with Gasteiger partial charge in [-0.3, -0.25) is 4.90 Å². The van der Waals surface area contributed by atoms with Crippen LogP contribution in [0.25, 0.3) is 0 Å². The van der Waals surface area contributed by atoms with Gasteiger partial charge < -0.3 is 4.74 Å². The summed E-state index contributed by atoms with van der Waals surface area (Å²) in [5.41, 5.74) is 0. The molecule has 0 radical (unpaired) electrons. The molecule has 0 aromatic carbocycles. The van der Waals surface area contributed by atoms with Gasteiger partial charge in [0.05, 0.1) is 0 Å². The molecule has 76 valence electrons. The molecular formula is C11H21NO. The van der Waals surface area contributed by atoms with Crippen molar-refractivity contribution in [2.75, 3.05) is 26.3 Å². The first-order chi connectivity index (χ1) is 6.40. The van der Waals surface area contributed by atoms with Crippen LogP contribution in [0.1, 0.15) is 32.6 Å². The fraction of sp³-hybridized carbons (Fsp3) is 1.00. The summed E-state index contributed by atoms with van der Waals surface area (Å²) in [6.45, 7) is 6.97. The van der Waals surface area contributed by atoms with Crippen molar-refractivity contribution in [2.45, 2.75) is 38.6 Å². The number of hydrogen-bond acceptors (Lipinski definition) is 2. The molecule has 0 amide bonds. The monoisotopic (exact) mass is 183 g/mol. The number of hydrogen-bond donors (Lipinski definition) is 0. The average Bonchev–Trinajstić information content (AvgIpc) is 2.67. The Balaban J connectivity index is 1.80. The van der Waals surface area contributed by atoms with E-state index in [1.54, 1.807) is 0 Å². The highest BCUT2D eigenvalue weighted by Gasteiger charge is 2.28. The SMILES string of the molecule is CCC1CCN(C2CCOCC2)C1. The third-order valence-corrected chi connectivity index (χ3v) is 3.60. The van der Waals surface area contributed by atoms with E-state index in [2.05, 4.69) is 11.8 Å². The van der Waals surface area contributed by atoms with E-state index in [4.69, 9.17) is 4.74 Å². The molecule has 2 heterocycles. The van der Waals surface area contributed by atoms with E-state index >= 15 is 0 Å². The van der Waals surface area contributed by atoms with Gasteiger partial charge in [-0.05, 0) is 31.7 Å². The minimum atomic E-state index is 0.838. The maximum absolute atomic E-state index is 5.39. The van der Waals surface area contributed by atoms with Gasteiger partial charge in [0.25, 0.3) is 0 Å². The van der Waals surface area contributed by atoms with E-state index in [0.29, 0.717) is 0 Å². The summed E-state index contributed by atoms with van der Waals surface area (Å²) >= 11 is 0. The Bertz CT molecular complexity index is 154. The van der Waals surface area contributed by atoms with Crippen molar-refractivity contribution in [2.24, 2.45) is 5.92 Å². The molecule has 0 aromatic rings. The lowest BCUT2D eigenvalue weighted by atomic mass is 10.1. The van der Waals surface area contributed by atoms with Crippen molar-refractivity contribution in [3.8, 4) is 0 Å². The Morgan fingerprint density at radius 3 is 2.62 bits per heavy atom. The van der Waals surface area contributed by atoms with Gasteiger partial charge in [0.15, 0.2) is 0 Å². The van der Waals surface area contributed by atoms with Crippen LogP contribution < -0.4 is 0 Å². The van der Waals surface area contributed by atoms with Crippen LogP contribution in [0.5, 0.6) is 0 Å². The standard InChI is InChI=1S/C11H21NO/c1-2-10-3-6-12(9-10)11-4-7-13-8-5-11/h10-11H,2-9H2,1H3. The van der Waals surface area contributed by atoms with E-state index < -0.39 is 0 Å². The zero-order chi connectivity index (χ0) is 9.10. The van der Waals surface area contributed by atoms with Crippen LogP contribution in [0.15, 0.2) is 0 Å². The molecule has 0 spiro atoms. The molecule has 2 aliphatic rings. The molecule has 2 aliphatic heterocycles. The second-order valence-electron chi connectivity index (χ2n) is 4.40. The Morgan fingerprint density at radius 2 is 2.00 bits per heavy atom. The number of ether oxygens (including phenoxy) is 1. The van der Waals surface area contributed by atoms with Gasteiger partial charge in [0.1, 0.15) is 0 Å². The molecule has 0 aliphatic carbocycles. The minimum Gasteiger partial charge on any atom is -0.381 e. The molecule has 0 saturated carbocycles. The second kappa shape index (κ2) is 4.43. The summed E-state index contributed by atoms with van der Waals surface area (Å²) in [5.74, 6) is 0.975. The zero-order valence-electron chi connectivity index (χ0n) is 8.67. The summed E-state index contributed by atoms with van der Waals surface area (Å²) in [6, 6.07) is 0.838. The van der Waals surface area contributed by atoms with Crippen LogP contribution in [0.2, 0.25) is 0 Å². The molecule has 2 saturated heterocycles. The molecule has 0 bridgehead atoms. The minimum absolute atomic E-state index is 0.838. The predicted molar refractivity (Wildman–Crippen MR) is 53.8 cm³/mol. The van der Waals surface area contributed by atoms with Gasteiger partial charge in [0.2, 0.25) is 0 Å².